The molecule has 2 aromatic carbocycles. The van der Waals surface area contributed by atoms with Crippen molar-refractivity contribution in [1.82, 2.24) is 4.57 Å². The molecule has 0 fully saturated rings. The first-order valence-electron chi connectivity index (χ1n) is 11.6. The Morgan fingerprint density at radius 3 is 2.41 bits per heavy atom. The molecule has 0 unspecified atom stereocenters. The van der Waals surface area contributed by atoms with E-state index in [9.17, 15) is 14.4 Å². The first-order valence-corrected chi connectivity index (χ1v) is 12.4. The summed E-state index contributed by atoms with van der Waals surface area (Å²) in [5, 5.41) is 0. The number of carbonyl (C=O) groups excluding carboxylic acids is 2. The van der Waals surface area contributed by atoms with Crippen molar-refractivity contribution in [2.75, 3.05) is 20.3 Å². The summed E-state index contributed by atoms with van der Waals surface area (Å²) < 4.78 is 23.4. The number of benzene rings is 2. The van der Waals surface area contributed by atoms with E-state index in [2.05, 4.69) is 4.99 Å². The second kappa shape index (κ2) is 11.3. The van der Waals surface area contributed by atoms with Crippen molar-refractivity contribution in [2.45, 2.75) is 26.8 Å². The molecule has 37 heavy (non-hydrogen) atoms. The number of hydrogen-bond acceptors (Lipinski definition) is 9. The molecule has 1 atom stereocenters. The Morgan fingerprint density at radius 1 is 1.05 bits per heavy atom. The lowest BCUT2D eigenvalue weighted by molar-refractivity contribution is -0.136. The van der Waals surface area contributed by atoms with Gasteiger partial charge in [-0.05, 0) is 55.3 Å². The second-order valence-corrected chi connectivity index (χ2v) is 8.92. The van der Waals surface area contributed by atoms with Crippen LogP contribution in [0.25, 0.3) is 6.08 Å². The highest BCUT2D eigenvalue weighted by Gasteiger charge is 2.31. The lowest BCUT2D eigenvalue weighted by atomic mass is 9.97. The Hall–Kier alpha value is -4.18. The van der Waals surface area contributed by atoms with Gasteiger partial charge in [0.15, 0.2) is 16.3 Å². The van der Waals surface area contributed by atoms with Gasteiger partial charge >= 0.3 is 11.9 Å². The summed E-state index contributed by atoms with van der Waals surface area (Å²) >= 11 is 1.21. The third-order valence-corrected chi connectivity index (χ3v) is 6.44. The summed E-state index contributed by atoms with van der Waals surface area (Å²) in [6.07, 6.45) is 3.17. The summed E-state index contributed by atoms with van der Waals surface area (Å²) in [6, 6.07) is 11.3. The lowest BCUT2D eigenvalue weighted by Crippen LogP contribution is -2.39. The van der Waals surface area contributed by atoms with E-state index in [1.807, 2.05) is 13.8 Å². The average molecular weight is 523 g/mol. The Bertz CT molecular complexity index is 1530. The van der Waals surface area contributed by atoms with Gasteiger partial charge in [-0.2, -0.15) is 0 Å². The third kappa shape index (κ3) is 5.49. The fourth-order valence-corrected chi connectivity index (χ4v) is 4.91. The largest absolute Gasteiger partial charge is 0.490 e. The average Bonchev–Trinajstić information content (AvgIpc) is 3.20. The van der Waals surface area contributed by atoms with Gasteiger partial charge in [-0.15, -0.1) is 0 Å². The summed E-state index contributed by atoms with van der Waals surface area (Å²) in [5.74, 6) is 0.494. The zero-order valence-corrected chi connectivity index (χ0v) is 21.7. The Balaban J connectivity index is 1.83. The van der Waals surface area contributed by atoms with Gasteiger partial charge < -0.3 is 18.9 Å². The van der Waals surface area contributed by atoms with Crippen LogP contribution < -0.4 is 29.1 Å². The van der Waals surface area contributed by atoms with Crippen molar-refractivity contribution >= 4 is 29.4 Å². The van der Waals surface area contributed by atoms with Gasteiger partial charge in [0.2, 0.25) is 0 Å². The fourth-order valence-electron chi connectivity index (χ4n) is 3.94. The number of ether oxygens (including phenoxy) is 4. The van der Waals surface area contributed by atoms with E-state index in [0.717, 1.165) is 5.56 Å². The molecule has 0 aliphatic carbocycles. The first-order chi connectivity index (χ1) is 17.9. The molecule has 0 bridgehead atoms. The molecule has 0 saturated heterocycles. The Kier molecular flexibility index (Phi) is 7.88. The van der Waals surface area contributed by atoms with Crippen molar-refractivity contribution in [3.05, 3.63) is 85.1 Å². The van der Waals surface area contributed by atoms with Crippen LogP contribution in [0.5, 0.6) is 17.2 Å². The fraction of sp³-hybridized carbons (Fsp3) is 0.259. The third-order valence-electron chi connectivity index (χ3n) is 5.45. The molecule has 1 aliphatic heterocycles. The molecule has 0 radical (unpaired) electrons. The Morgan fingerprint density at radius 2 is 1.76 bits per heavy atom. The first kappa shape index (κ1) is 25.9. The van der Waals surface area contributed by atoms with Gasteiger partial charge in [0, 0.05) is 13.1 Å². The molecule has 10 heteroatoms. The van der Waals surface area contributed by atoms with E-state index in [1.165, 1.54) is 36.1 Å². The van der Waals surface area contributed by atoms with Crippen LogP contribution in [0.15, 0.2) is 64.0 Å². The van der Waals surface area contributed by atoms with E-state index < -0.39 is 18.0 Å². The minimum atomic E-state index is -0.771. The van der Waals surface area contributed by atoms with Crippen molar-refractivity contribution in [3.63, 3.8) is 0 Å². The zero-order valence-electron chi connectivity index (χ0n) is 20.8. The van der Waals surface area contributed by atoms with E-state index in [-0.39, 0.29) is 11.1 Å². The highest BCUT2D eigenvalue weighted by molar-refractivity contribution is 7.07. The molecule has 1 aromatic heterocycles. The van der Waals surface area contributed by atoms with Gasteiger partial charge in [0.25, 0.3) is 5.56 Å². The van der Waals surface area contributed by atoms with Gasteiger partial charge in [-0.3, -0.25) is 14.2 Å². The van der Waals surface area contributed by atoms with Crippen LogP contribution >= 0.6 is 11.3 Å². The molecule has 0 spiro atoms. The van der Waals surface area contributed by atoms with Crippen LogP contribution in [0.1, 0.15) is 37.9 Å². The predicted molar refractivity (Wildman–Crippen MR) is 138 cm³/mol. The molecule has 1 aliphatic rings. The molecule has 0 N–H and O–H groups in total. The van der Waals surface area contributed by atoms with E-state index >= 15 is 0 Å². The van der Waals surface area contributed by atoms with Crippen LogP contribution in [0.2, 0.25) is 0 Å². The van der Waals surface area contributed by atoms with Gasteiger partial charge in [-0.1, -0.05) is 29.5 Å². The number of carbonyl (C=O) groups is 2. The standard InChI is InChI=1S/C27H26N2O7S/c1-5-34-21-12-9-18(14-22(21)35-6-2)24-20(26(32)33-4)15-28-27-29(24)25(31)23(37-27)13-17-7-10-19(11-8-17)36-16(3)30/h7-15,24H,5-6H2,1-4H3/b23-13+/t24-/m0/s1. The maximum Gasteiger partial charge on any atom is 0.337 e. The minimum absolute atomic E-state index is 0.221. The van der Waals surface area contributed by atoms with Crippen molar-refractivity contribution in [2.24, 2.45) is 4.99 Å². The highest BCUT2D eigenvalue weighted by Crippen LogP contribution is 2.35. The molecule has 9 nitrogen and oxygen atoms in total. The molecular weight excluding hydrogens is 496 g/mol. The number of aromatic nitrogens is 1. The summed E-state index contributed by atoms with van der Waals surface area (Å²) in [6.45, 7) is 5.95. The van der Waals surface area contributed by atoms with Gasteiger partial charge in [0.05, 0.1) is 36.5 Å². The minimum Gasteiger partial charge on any atom is -0.490 e. The van der Waals surface area contributed by atoms with Crippen LogP contribution in [-0.2, 0) is 14.3 Å². The van der Waals surface area contributed by atoms with E-state index in [0.29, 0.717) is 45.4 Å². The van der Waals surface area contributed by atoms with Gasteiger partial charge in [0.1, 0.15) is 5.75 Å². The monoisotopic (exact) mass is 522 g/mol. The maximum absolute atomic E-state index is 13.6. The normalized spacial score (nSPS) is 14.8. The van der Waals surface area contributed by atoms with Crippen LogP contribution in [0, 0.1) is 0 Å². The molecule has 0 amide bonds. The van der Waals surface area contributed by atoms with E-state index in [4.69, 9.17) is 18.9 Å². The van der Waals surface area contributed by atoms with Crippen LogP contribution in [-0.4, -0.2) is 36.8 Å². The quantitative estimate of drug-likeness (QED) is 0.331. The number of methoxy groups -OCH3 is 1. The molecule has 192 valence electrons. The molecule has 3 aromatic rings. The molecule has 4 rings (SSSR count). The maximum atomic E-state index is 13.6. The molecular formula is C27H26N2O7S. The number of nitrogens with zero attached hydrogens (tertiary/aromatic N) is 2. The smallest absolute Gasteiger partial charge is 0.337 e. The molecule has 0 saturated carbocycles. The lowest BCUT2D eigenvalue weighted by Gasteiger charge is -2.23. The number of fused-ring (bicyclic) bond motifs is 1. The summed E-state index contributed by atoms with van der Waals surface area (Å²) in [4.78, 5) is 42.3. The topological polar surface area (TPSA) is 105 Å². The number of hydrogen-bond donors (Lipinski definition) is 0. The van der Waals surface area contributed by atoms with Crippen molar-refractivity contribution in [3.8, 4) is 17.2 Å². The van der Waals surface area contributed by atoms with Crippen molar-refractivity contribution < 1.29 is 28.5 Å². The summed E-state index contributed by atoms with van der Waals surface area (Å²) in [5.41, 5.74) is 1.31. The molecule has 2 heterocycles. The SMILES string of the molecule is CCOc1ccc([C@H]2C(C(=O)OC)=CN=c3s/c(=C/c4ccc(OC(C)=O)cc4)c(=O)n32)cc1OCC. The Labute approximate surface area is 216 Å². The zero-order chi connectivity index (χ0) is 26.5. The summed E-state index contributed by atoms with van der Waals surface area (Å²) in [7, 11) is 1.29. The van der Waals surface area contributed by atoms with Crippen molar-refractivity contribution in [1.29, 1.82) is 0 Å². The van der Waals surface area contributed by atoms with Crippen LogP contribution in [0.3, 0.4) is 0 Å². The van der Waals surface area contributed by atoms with Crippen LogP contribution in [0.4, 0.5) is 0 Å². The highest BCUT2D eigenvalue weighted by atomic mass is 32.1. The number of thiazole rings is 1. The second-order valence-electron chi connectivity index (χ2n) is 7.91. The van der Waals surface area contributed by atoms with E-state index in [1.54, 1.807) is 48.5 Å². The number of esters is 2. The predicted octanol–water partition coefficient (Wildman–Crippen LogP) is 2.74. The van der Waals surface area contributed by atoms with Gasteiger partial charge in [-0.25, -0.2) is 9.79 Å². The number of rotatable bonds is 8.